The summed E-state index contributed by atoms with van der Waals surface area (Å²) < 4.78 is 5.39. The number of rotatable bonds is 5. The van der Waals surface area contributed by atoms with Crippen molar-refractivity contribution in [3.8, 4) is 0 Å². The second-order valence-electron chi connectivity index (χ2n) is 4.19. The average Bonchev–Trinajstić information content (AvgIpc) is 2.64. The maximum atomic E-state index is 9.92. The van der Waals surface area contributed by atoms with Crippen molar-refractivity contribution in [2.75, 3.05) is 6.61 Å². The molecule has 0 saturated carbocycles. The van der Waals surface area contributed by atoms with Gasteiger partial charge in [-0.1, -0.05) is 37.0 Å². The van der Waals surface area contributed by atoms with Gasteiger partial charge < -0.3 is 20.1 Å². The molecule has 0 bridgehead atoms. The van der Waals surface area contributed by atoms with Crippen LogP contribution in [0.2, 0.25) is 0 Å². The highest BCUT2D eigenvalue weighted by Crippen LogP contribution is 2.22. The maximum Gasteiger partial charge on any atom is 0.102 e. The lowest BCUT2D eigenvalue weighted by Gasteiger charge is -2.13. The van der Waals surface area contributed by atoms with Gasteiger partial charge in [-0.25, -0.2) is 0 Å². The summed E-state index contributed by atoms with van der Waals surface area (Å²) in [6.07, 6.45) is 5.56. The molecule has 3 N–H and O–H groups in total. The lowest BCUT2D eigenvalue weighted by molar-refractivity contribution is 0.0608. The molecular weight excluding hydrogens is 220 g/mol. The summed E-state index contributed by atoms with van der Waals surface area (Å²) in [6, 6.07) is 0. The lowest BCUT2D eigenvalue weighted by atomic mass is 10.00. The predicted molar refractivity (Wildman–Crippen MR) is 65.4 cm³/mol. The summed E-state index contributed by atoms with van der Waals surface area (Å²) in [4.78, 5) is 0. The van der Waals surface area contributed by atoms with Crippen LogP contribution in [0.4, 0.5) is 0 Å². The van der Waals surface area contributed by atoms with Crippen LogP contribution in [0.5, 0.6) is 0 Å². The molecule has 0 amide bonds. The normalized spacial score (nSPS) is 33.3. The van der Waals surface area contributed by atoms with Crippen LogP contribution in [0.1, 0.15) is 6.92 Å². The summed E-state index contributed by atoms with van der Waals surface area (Å²) >= 11 is 0. The molecule has 0 aliphatic carbocycles. The van der Waals surface area contributed by atoms with E-state index in [4.69, 9.17) is 9.84 Å². The van der Waals surface area contributed by atoms with Gasteiger partial charge in [0.15, 0.2) is 0 Å². The monoisotopic (exact) mass is 240 g/mol. The Hall–Kier alpha value is -0.940. The van der Waals surface area contributed by atoms with Gasteiger partial charge in [0.2, 0.25) is 0 Å². The van der Waals surface area contributed by atoms with E-state index in [0.29, 0.717) is 6.61 Å². The van der Waals surface area contributed by atoms with E-state index in [-0.39, 0.29) is 12.0 Å². The molecule has 5 atom stereocenters. The van der Waals surface area contributed by atoms with E-state index in [2.05, 4.69) is 6.58 Å². The van der Waals surface area contributed by atoms with Crippen molar-refractivity contribution in [1.82, 2.24) is 0 Å². The Morgan fingerprint density at radius 1 is 1.35 bits per heavy atom. The van der Waals surface area contributed by atoms with Crippen molar-refractivity contribution >= 4 is 0 Å². The Bertz CT molecular complexity index is 296. The van der Waals surface area contributed by atoms with Crippen molar-refractivity contribution < 1.29 is 20.1 Å². The molecular formula is C13H20O4. The zero-order valence-electron chi connectivity index (χ0n) is 9.94. The standard InChI is InChI=1S/C13H20O4/c1-3-4-5-12-13(16)10(8-17-12)6-7-11(15)9(2)14/h3-7,9-16H,1,8H2,2H3/b5-4+,7-6+/t9-,10-,11+,12-,13+/m0/s1. The van der Waals surface area contributed by atoms with E-state index in [0.717, 1.165) is 0 Å². The van der Waals surface area contributed by atoms with E-state index in [1.165, 1.54) is 13.0 Å². The fraction of sp³-hybridized carbons (Fsp3) is 0.538. The smallest absolute Gasteiger partial charge is 0.102 e. The molecule has 0 unspecified atom stereocenters. The Morgan fingerprint density at radius 2 is 2.06 bits per heavy atom. The molecule has 17 heavy (non-hydrogen) atoms. The molecule has 1 saturated heterocycles. The highest BCUT2D eigenvalue weighted by atomic mass is 16.5. The number of aliphatic hydroxyl groups is 3. The molecule has 1 aliphatic rings. The molecule has 0 aromatic heterocycles. The van der Waals surface area contributed by atoms with Gasteiger partial charge in [0, 0.05) is 5.92 Å². The topological polar surface area (TPSA) is 69.9 Å². The van der Waals surface area contributed by atoms with Crippen LogP contribution < -0.4 is 0 Å². The van der Waals surface area contributed by atoms with Gasteiger partial charge in [0.1, 0.15) is 6.10 Å². The molecule has 0 aromatic carbocycles. The van der Waals surface area contributed by atoms with Gasteiger partial charge in [-0.05, 0) is 6.92 Å². The summed E-state index contributed by atoms with van der Waals surface area (Å²) in [5.41, 5.74) is 0. The fourth-order valence-electron chi connectivity index (χ4n) is 1.61. The van der Waals surface area contributed by atoms with Crippen LogP contribution in [-0.2, 0) is 4.74 Å². The SMILES string of the molecule is C=C/C=C/[C@@H]1OC[C@H](/C=C/[C@@H](O)[C@H](C)O)[C@H]1O. The Morgan fingerprint density at radius 3 is 2.65 bits per heavy atom. The highest BCUT2D eigenvalue weighted by molar-refractivity contribution is 5.09. The zero-order chi connectivity index (χ0) is 12.8. The van der Waals surface area contributed by atoms with E-state index >= 15 is 0 Å². The Balaban J connectivity index is 2.52. The first-order valence-corrected chi connectivity index (χ1v) is 5.69. The number of hydrogen-bond donors (Lipinski definition) is 3. The van der Waals surface area contributed by atoms with Crippen LogP contribution in [-0.4, -0.2) is 46.3 Å². The third kappa shape index (κ3) is 4.09. The van der Waals surface area contributed by atoms with E-state index in [9.17, 15) is 10.2 Å². The van der Waals surface area contributed by atoms with Crippen molar-refractivity contribution in [3.63, 3.8) is 0 Å². The number of aliphatic hydroxyl groups excluding tert-OH is 3. The Kier molecular flexibility index (Phi) is 5.58. The molecule has 1 aliphatic heterocycles. The van der Waals surface area contributed by atoms with Crippen molar-refractivity contribution in [1.29, 1.82) is 0 Å². The lowest BCUT2D eigenvalue weighted by Crippen LogP contribution is -2.25. The van der Waals surface area contributed by atoms with Gasteiger partial charge in [-0.15, -0.1) is 0 Å². The molecule has 1 fully saturated rings. The molecule has 4 nitrogen and oxygen atoms in total. The van der Waals surface area contributed by atoms with Gasteiger partial charge in [-0.2, -0.15) is 0 Å². The molecule has 1 rings (SSSR count). The third-order valence-electron chi connectivity index (χ3n) is 2.74. The third-order valence-corrected chi connectivity index (χ3v) is 2.74. The summed E-state index contributed by atoms with van der Waals surface area (Å²) in [6.45, 7) is 5.45. The molecule has 0 radical (unpaired) electrons. The van der Waals surface area contributed by atoms with E-state index in [1.54, 1.807) is 24.3 Å². The first-order chi connectivity index (χ1) is 8.06. The molecule has 0 aromatic rings. The van der Waals surface area contributed by atoms with E-state index < -0.39 is 18.3 Å². The van der Waals surface area contributed by atoms with Crippen LogP contribution >= 0.6 is 0 Å². The highest BCUT2D eigenvalue weighted by Gasteiger charge is 2.32. The van der Waals surface area contributed by atoms with Crippen LogP contribution in [0.25, 0.3) is 0 Å². The van der Waals surface area contributed by atoms with Crippen molar-refractivity contribution in [2.24, 2.45) is 5.92 Å². The average molecular weight is 240 g/mol. The van der Waals surface area contributed by atoms with Crippen molar-refractivity contribution in [3.05, 3.63) is 37.0 Å². The van der Waals surface area contributed by atoms with Gasteiger partial charge in [0.05, 0.1) is 24.9 Å². The molecule has 4 heteroatoms. The Labute approximate surface area is 102 Å². The second-order valence-corrected chi connectivity index (χ2v) is 4.19. The number of allylic oxidation sites excluding steroid dienone is 2. The van der Waals surface area contributed by atoms with Crippen LogP contribution in [0.3, 0.4) is 0 Å². The largest absolute Gasteiger partial charge is 0.390 e. The fourth-order valence-corrected chi connectivity index (χ4v) is 1.61. The maximum absolute atomic E-state index is 9.92. The minimum atomic E-state index is -0.912. The first-order valence-electron chi connectivity index (χ1n) is 5.69. The summed E-state index contributed by atoms with van der Waals surface area (Å²) in [7, 11) is 0. The first kappa shape index (κ1) is 14.1. The van der Waals surface area contributed by atoms with Gasteiger partial charge in [-0.3, -0.25) is 0 Å². The zero-order valence-corrected chi connectivity index (χ0v) is 9.94. The molecule has 96 valence electrons. The quantitative estimate of drug-likeness (QED) is 0.480. The van der Waals surface area contributed by atoms with E-state index in [1.807, 2.05) is 0 Å². The van der Waals surface area contributed by atoms with Crippen molar-refractivity contribution in [2.45, 2.75) is 31.3 Å². The second kappa shape index (κ2) is 6.71. The number of ether oxygens (including phenoxy) is 1. The summed E-state index contributed by atoms with van der Waals surface area (Å²) in [5.74, 6) is -0.164. The minimum absolute atomic E-state index is 0.164. The van der Waals surface area contributed by atoms with Gasteiger partial charge in [0.25, 0.3) is 0 Å². The predicted octanol–water partition coefficient (Wildman–Crippen LogP) is 0.402. The minimum Gasteiger partial charge on any atom is -0.390 e. The molecule has 1 heterocycles. The van der Waals surface area contributed by atoms with Crippen LogP contribution in [0, 0.1) is 5.92 Å². The molecule has 0 spiro atoms. The van der Waals surface area contributed by atoms with Gasteiger partial charge >= 0.3 is 0 Å². The van der Waals surface area contributed by atoms with Crippen LogP contribution in [0.15, 0.2) is 37.0 Å². The number of hydrogen-bond acceptors (Lipinski definition) is 4. The summed E-state index contributed by atoms with van der Waals surface area (Å²) in [5, 5.41) is 28.4.